The lowest BCUT2D eigenvalue weighted by Crippen LogP contribution is -2.28. The fourth-order valence-electron chi connectivity index (χ4n) is 2.68. The Labute approximate surface area is 104 Å². The summed E-state index contributed by atoms with van der Waals surface area (Å²) in [5, 5.41) is 0. The summed E-state index contributed by atoms with van der Waals surface area (Å²) in [6, 6.07) is 0. The Balaban J connectivity index is 1.60. The van der Waals surface area contributed by atoms with E-state index < -0.39 is 0 Å². The van der Waals surface area contributed by atoms with Gasteiger partial charge in [-0.3, -0.25) is 4.79 Å². The Bertz CT molecular complexity index is 277. The Hall–Kier alpha value is -0.570. The van der Waals surface area contributed by atoms with Gasteiger partial charge in [-0.25, -0.2) is 0 Å². The Morgan fingerprint density at radius 3 is 2.94 bits per heavy atom. The predicted molar refractivity (Wildman–Crippen MR) is 65.7 cm³/mol. The minimum atomic E-state index is -0.000881. The van der Waals surface area contributed by atoms with E-state index in [0.717, 1.165) is 32.1 Å². The Morgan fingerprint density at radius 2 is 2.24 bits per heavy atom. The van der Waals surface area contributed by atoms with Gasteiger partial charge in [-0.15, -0.1) is 0 Å². The maximum atomic E-state index is 11.8. The molecule has 3 atom stereocenters. The average molecular weight is 240 g/mol. The molecule has 1 aliphatic heterocycles. The van der Waals surface area contributed by atoms with Crippen LogP contribution in [0.4, 0.5) is 0 Å². The number of carbonyl (C=O) groups is 1. The van der Waals surface area contributed by atoms with Crippen molar-refractivity contribution in [3.05, 3.63) is 0 Å². The molecule has 0 radical (unpaired) electrons. The average Bonchev–Trinajstić information content (AvgIpc) is 2.99. The molecule has 2 aliphatic rings. The lowest BCUT2D eigenvalue weighted by atomic mass is 9.83. The molecule has 1 heterocycles. The smallest absolute Gasteiger partial charge is 0.309 e. The summed E-state index contributed by atoms with van der Waals surface area (Å²) in [5.41, 5.74) is 0.0951. The molecular weight excluding hydrogens is 216 g/mol. The fraction of sp³-hybridized carbons (Fsp3) is 0.929. The molecule has 0 aromatic rings. The maximum absolute atomic E-state index is 11.8. The predicted octanol–water partition coefficient (Wildman–Crippen LogP) is 3.07. The van der Waals surface area contributed by atoms with Crippen molar-refractivity contribution in [1.82, 2.24) is 0 Å². The molecular formula is C14H24O3. The summed E-state index contributed by atoms with van der Waals surface area (Å²) in [7, 11) is 0. The van der Waals surface area contributed by atoms with E-state index in [1.165, 1.54) is 12.8 Å². The first-order valence-corrected chi connectivity index (χ1v) is 7.00. The van der Waals surface area contributed by atoms with Gasteiger partial charge < -0.3 is 9.47 Å². The van der Waals surface area contributed by atoms with Crippen LogP contribution in [0.25, 0.3) is 0 Å². The number of esters is 1. The van der Waals surface area contributed by atoms with Crippen molar-refractivity contribution in [3.8, 4) is 0 Å². The zero-order chi connectivity index (χ0) is 12.3. The van der Waals surface area contributed by atoms with Gasteiger partial charge in [-0.1, -0.05) is 26.2 Å². The second-order valence-corrected chi connectivity index (χ2v) is 5.62. The summed E-state index contributed by atoms with van der Waals surface area (Å²) >= 11 is 0. The number of unbranched alkanes of at least 4 members (excludes halogenated alkanes) is 3. The van der Waals surface area contributed by atoms with Gasteiger partial charge in [0.15, 0.2) is 0 Å². The number of carbonyl (C=O) groups excluding carboxylic acids is 1. The number of fused-ring (bicyclic) bond motifs is 1. The molecule has 2 rings (SSSR count). The van der Waals surface area contributed by atoms with Gasteiger partial charge in [0.05, 0.1) is 24.2 Å². The monoisotopic (exact) mass is 240 g/mol. The lowest BCUT2D eigenvalue weighted by molar-refractivity contribution is -0.149. The highest BCUT2D eigenvalue weighted by atomic mass is 16.6. The van der Waals surface area contributed by atoms with Crippen LogP contribution >= 0.6 is 0 Å². The van der Waals surface area contributed by atoms with E-state index in [0.29, 0.717) is 12.7 Å². The minimum Gasteiger partial charge on any atom is -0.465 e. The van der Waals surface area contributed by atoms with E-state index in [2.05, 4.69) is 13.8 Å². The molecule has 1 aliphatic carbocycles. The molecule has 98 valence electrons. The van der Waals surface area contributed by atoms with Gasteiger partial charge >= 0.3 is 5.97 Å². The molecule has 3 nitrogen and oxygen atoms in total. The van der Waals surface area contributed by atoms with Crippen LogP contribution in [0.15, 0.2) is 0 Å². The Morgan fingerprint density at radius 1 is 1.41 bits per heavy atom. The Kier molecular flexibility index (Phi) is 4.08. The van der Waals surface area contributed by atoms with Gasteiger partial charge in [0.25, 0.3) is 0 Å². The summed E-state index contributed by atoms with van der Waals surface area (Å²) < 4.78 is 10.9. The van der Waals surface area contributed by atoms with Crippen LogP contribution in [0.1, 0.15) is 58.8 Å². The van der Waals surface area contributed by atoms with Gasteiger partial charge in [0, 0.05) is 0 Å². The van der Waals surface area contributed by atoms with Crippen LogP contribution in [0.3, 0.4) is 0 Å². The molecule has 3 heteroatoms. The van der Waals surface area contributed by atoms with E-state index in [9.17, 15) is 4.79 Å². The van der Waals surface area contributed by atoms with Gasteiger partial charge in [0.1, 0.15) is 0 Å². The first kappa shape index (κ1) is 12.9. The molecule has 1 saturated heterocycles. The molecule has 1 saturated carbocycles. The summed E-state index contributed by atoms with van der Waals surface area (Å²) in [4.78, 5) is 11.8. The molecule has 17 heavy (non-hydrogen) atoms. The second kappa shape index (κ2) is 5.38. The number of rotatable bonds is 6. The fourth-order valence-corrected chi connectivity index (χ4v) is 2.68. The third kappa shape index (κ3) is 3.21. The number of epoxide rings is 1. The van der Waals surface area contributed by atoms with Gasteiger partial charge in [-0.2, -0.15) is 0 Å². The zero-order valence-electron chi connectivity index (χ0n) is 11.0. The zero-order valence-corrected chi connectivity index (χ0v) is 11.0. The van der Waals surface area contributed by atoms with Crippen LogP contribution in [-0.4, -0.2) is 24.3 Å². The molecule has 0 bridgehead atoms. The minimum absolute atomic E-state index is 0.000881. The van der Waals surface area contributed by atoms with Gasteiger partial charge in [0.2, 0.25) is 0 Å². The molecule has 0 N–H and O–H groups in total. The van der Waals surface area contributed by atoms with Crippen LogP contribution in [0.5, 0.6) is 0 Å². The summed E-state index contributed by atoms with van der Waals surface area (Å²) in [6.07, 6.45) is 7.73. The normalized spacial score (nSPS) is 35.2. The van der Waals surface area contributed by atoms with E-state index in [1.807, 2.05) is 0 Å². The molecule has 0 amide bonds. The van der Waals surface area contributed by atoms with E-state index in [-0.39, 0.29) is 17.5 Å². The van der Waals surface area contributed by atoms with Crippen molar-refractivity contribution in [3.63, 3.8) is 0 Å². The largest absolute Gasteiger partial charge is 0.465 e. The number of ether oxygens (including phenoxy) is 2. The maximum Gasteiger partial charge on any atom is 0.309 e. The van der Waals surface area contributed by atoms with Crippen molar-refractivity contribution in [2.24, 2.45) is 5.92 Å². The quantitative estimate of drug-likeness (QED) is 0.407. The highest BCUT2D eigenvalue weighted by Crippen LogP contribution is 2.49. The first-order valence-electron chi connectivity index (χ1n) is 7.00. The van der Waals surface area contributed by atoms with Crippen LogP contribution in [0.2, 0.25) is 0 Å². The lowest BCUT2D eigenvalue weighted by Gasteiger charge is -2.20. The van der Waals surface area contributed by atoms with Crippen LogP contribution in [0, 0.1) is 5.92 Å². The van der Waals surface area contributed by atoms with Crippen molar-refractivity contribution < 1.29 is 14.3 Å². The van der Waals surface area contributed by atoms with Crippen molar-refractivity contribution >= 4 is 5.97 Å². The highest BCUT2D eigenvalue weighted by molar-refractivity contribution is 5.72. The molecule has 0 spiro atoms. The number of hydrogen-bond donors (Lipinski definition) is 0. The van der Waals surface area contributed by atoms with Crippen LogP contribution < -0.4 is 0 Å². The van der Waals surface area contributed by atoms with Crippen molar-refractivity contribution in [1.29, 1.82) is 0 Å². The molecule has 0 aromatic carbocycles. The van der Waals surface area contributed by atoms with Crippen LogP contribution in [-0.2, 0) is 14.3 Å². The van der Waals surface area contributed by atoms with Crippen molar-refractivity contribution in [2.45, 2.75) is 70.5 Å². The third-order valence-corrected chi connectivity index (χ3v) is 4.10. The van der Waals surface area contributed by atoms with E-state index >= 15 is 0 Å². The first-order chi connectivity index (χ1) is 8.15. The molecule has 0 aromatic heterocycles. The SMILES string of the molecule is CCCCCCOC(=O)C1CCC2(C)OC2C1. The van der Waals surface area contributed by atoms with E-state index in [4.69, 9.17) is 9.47 Å². The van der Waals surface area contributed by atoms with E-state index in [1.54, 1.807) is 0 Å². The topological polar surface area (TPSA) is 38.8 Å². The summed E-state index contributed by atoms with van der Waals surface area (Å²) in [6.45, 7) is 4.92. The summed E-state index contributed by atoms with van der Waals surface area (Å²) in [5.74, 6) is 0.0841. The third-order valence-electron chi connectivity index (χ3n) is 4.10. The standard InChI is InChI=1S/C14H24O3/c1-3-4-5-6-9-16-13(15)11-7-8-14(2)12(10-11)17-14/h11-12H,3-10H2,1-2H3. The highest BCUT2D eigenvalue weighted by Gasteiger charge is 2.56. The second-order valence-electron chi connectivity index (χ2n) is 5.62. The van der Waals surface area contributed by atoms with Gasteiger partial charge in [-0.05, 0) is 32.6 Å². The molecule has 3 unspecified atom stereocenters. The molecule has 2 fully saturated rings. The van der Waals surface area contributed by atoms with Crippen molar-refractivity contribution in [2.75, 3.05) is 6.61 Å². The number of hydrogen-bond acceptors (Lipinski definition) is 3.